The van der Waals surface area contributed by atoms with Gasteiger partial charge in [-0.25, -0.2) is 9.37 Å². The number of benzene rings is 2. The molecule has 3 aromatic rings. The van der Waals surface area contributed by atoms with Crippen molar-refractivity contribution in [3.8, 4) is 0 Å². The number of aromatic nitrogens is 2. The van der Waals surface area contributed by atoms with Crippen LogP contribution in [0.4, 0.5) is 16.0 Å². The van der Waals surface area contributed by atoms with Crippen LogP contribution >= 0.6 is 0 Å². The molecular formula is C25H29FN4O. The van der Waals surface area contributed by atoms with Crippen molar-refractivity contribution in [3.05, 3.63) is 87.6 Å². The zero-order chi connectivity index (χ0) is 21.8. The monoisotopic (exact) mass is 420 g/mol. The standard InChI is InChI=1S/C25H29FN4O/c1-3-4-8-15-28-17-29(22-13-11-21(26)12-14-22)25-27-19(2)23(24(31)30(25)18-28)16-20-9-6-5-7-10-20/h5-7,9-14H,3-4,8,15-18H2,1-2H3. The third kappa shape index (κ3) is 4.69. The van der Waals surface area contributed by atoms with Crippen molar-refractivity contribution in [2.45, 2.75) is 46.2 Å². The van der Waals surface area contributed by atoms with Crippen LogP contribution < -0.4 is 10.5 Å². The maximum atomic E-state index is 13.6. The topological polar surface area (TPSA) is 41.4 Å². The maximum absolute atomic E-state index is 13.6. The minimum absolute atomic E-state index is 0.00124. The van der Waals surface area contributed by atoms with Crippen molar-refractivity contribution >= 4 is 11.6 Å². The van der Waals surface area contributed by atoms with Gasteiger partial charge in [0, 0.05) is 24.2 Å². The molecule has 6 heteroatoms. The molecule has 0 unspecified atom stereocenters. The molecular weight excluding hydrogens is 391 g/mol. The molecule has 0 spiro atoms. The number of hydrogen-bond donors (Lipinski definition) is 0. The first-order valence-corrected chi connectivity index (χ1v) is 11.0. The van der Waals surface area contributed by atoms with Crippen LogP contribution in [0, 0.1) is 12.7 Å². The quantitative estimate of drug-likeness (QED) is 0.513. The van der Waals surface area contributed by atoms with Crippen molar-refractivity contribution in [3.63, 3.8) is 0 Å². The highest BCUT2D eigenvalue weighted by atomic mass is 19.1. The van der Waals surface area contributed by atoms with Gasteiger partial charge < -0.3 is 0 Å². The van der Waals surface area contributed by atoms with Gasteiger partial charge in [0.05, 0.1) is 19.0 Å². The largest absolute Gasteiger partial charge is 0.298 e. The molecule has 162 valence electrons. The molecule has 2 heterocycles. The van der Waals surface area contributed by atoms with Gasteiger partial charge >= 0.3 is 0 Å². The molecule has 0 bridgehead atoms. The Bertz CT molecular complexity index is 1080. The molecule has 1 aliphatic heterocycles. The van der Waals surface area contributed by atoms with E-state index < -0.39 is 0 Å². The fraction of sp³-hybridized carbons (Fsp3) is 0.360. The predicted molar refractivity (Wildman–Crippen MR) is 122 cm³/mol. The van der Waals surface area contributed by atoms with E-state index >= 15 is 0 Å². The van der Waals surface area contributed by atoms with Gasteiger partial charge in [-0.15, -0.1) is 0 Å². The van der Waals surface area contributed by atoms with E-state index in [4.69, 9.17) is 4.98 Å². The van der Waals surface area contributed by atoms with Crippen LogP contribution in [0.2, 0.25) is 0 Å². The lowest BCUT2D eigenvalue weighted by Crippen LogP contribution is -2.48. The molecule has 4 rings (SSSR count). The van der Waals surface area contributed by atoms with Crippen LogP contribution in [0.15, 0.2) is 59.4 Å². The van der Waals surface area contributed by atoms with Gasteiger partial charge in [-0.05, 0) is 43.2 Å². The molecule has 1 aromatic heterocycles. The maximum Gasteiger partial charge on any atom is 0.259 e. The molecule has 2 aromatic carbocycles. The van der Waals surface area contributed by atoms with Gasteiger partial charge in [-0.2, -0.15) is 0 Å². The number of aryl methyl sites for hydroxylation is 1. The van der Waals surface area contributed by atoms with E-state index in [0.717, 1.165) is 48.3 Å². The van der Waals surface area contributed by atoms with Gasteiger partial charge in [-0.1, -0.05) is 50.1 Å². The third-order valence-electron chi connectivity index (χ3n) is 5.81. The van der Waals surface area contributed by atoms with E-state index in [1.165, 1.54) is 12.1 Å². The highest BCUT2D eigenvalue weighted by Gasteiger charge is 2.27. The summed E-state index contributed by atoms with van der Waals surface area (Å²) >= 11 is 0. The molecule has 1 aliphatic rings. The Labute approximate surface area is 182 Å². The Morgan fingerprint density at radius 3 is 2.45 bits per heavy atom. The van der Waals surface area contributed by atoms with Crippen molar-refractivity contribution < 1.29 is 4.39 Å². The van der Waals surface area contributed by atoms with Crippen LogP contribution in [-0.4, -0.2) is 27.7 Å². The summed E-state index contributed by atoms with van der Waals surface area (Å²) in [5, 5.41) is 0. The van der Waals surface area contributed by atoms with Crippen LogP contribution in [-0.2, 0) is 13.1 Å². The van der Waals surface area contributed by atoms with E-state index in [2.05, 4.69) is 11.8 Å². The minimum atomic E-state index is -0.277. The fourth-order valence-corrected chi connectivity index (χ4v) is 4.08. The molecule has 0 saturated carbocycles. The molecule has 0 N–H and O–H groups in total. The SMILES string of the molecule is CCCCCN1CN(c2ccc(F)cc2)c2nc(C)c(Cc3ccccc3)c(=O)n2C1. The van der Waals surface area contributed by atoms with Crippen LogP contribution in [0.1, 0.15) is 43.0 Å². The van der Waals surface area contributed by atoms with Gasteiger partial charge in [0.25, 0.3) is 5.56 Å². The lowest BCUT2D eigenvalue weighted by molar-refractivity contribution is 0.194. The summed E-state index contributed by atoms with van der Waals surface area (Å²) in [6.45, 7) is 6.13. The van der Waals surface area contributed by atoms with Crippen LogP contribution in [0.3, 0.4) is 0 Å². The van der Waals surface area contributed by atoms with Gasteiger partial charge in [0.2, 0.25) is 5.95 Å². The second kappa shape index (κ2) is 9.43. The molecule has 0 saturated heterocycles. The summed E-state index contributed by atoms with van der Waals surface area (Å²) in [7, 11) is 0. The summed E-state index contributed by atoms with van der Waals surface area (Å²) in [6.07, 6.45) is 3.94. The fourth-order valence-electron chi connectivity index (χ4n) is 4.08. The molecule has 0 atom stereocenters. The second-order valence-electron chi connectivity index (χ2n) is 8.16. The summed E-state index contributed by atoms with van der Waals surface area (Å²) < 4.78 is 15.3. The average Bonchev–Trinajstić information content (AvgIpc) is 2.78. The van der Waals surface area contributed by atoms with E-state index in [0.29, 0.717) is 25.7 Å². The number of rotatable bonds is 7. The van der Waals surface area contributed by atoms with E-state index in [1.807, 2.05) is 42.2 Å². The van der Waals surface area contributed by atoms with Gasteiger partial charge in [-0.3, -0.25) is 19.2 Å². The summed E-state index contributed by atoms with van der Waals surface area (Å²) in [5.74, 6) is 0.345. The Hall–Kier alpha value is -2.99. The molecule has 31 heavy (non-hydrogen) atoms. The summed E-state index contributed by atoms with van der Waals surface area (Å²) in [4.78, 5) is 22.7. The predicted octanol–water partition coefficient (Wildman–Crippen LogP) is 4.84. The molecule has 0 radical (unpaired) electrons. The Balaban J connectivity index is 1.74. The smallest absolute Gasteiger partial charge is 0.259 e. The Morgan fingerprint density at radius 1 is 1.00 bits per heavy atom. The molecule has 0 aliphatic carbocycles. The van der Waals surface area contributed by atoms with E-state index in [1.54, 1.807) is 16.7 Å². The Kier molecular flexibility index (Phi) is 6.47. The molecule has 0 amide bonds. The number of anilines is 2. The molecule has 5 nitrogen and oxygen atoms in total. The van der Waals surface area contributed by atoms with Crippen LogP contribution in [0.25, 0.3) is 0 Å². The number of fused-ring (bicyclic) bond motifs is 1. The van der Waals surface area contributed by atoms with Crippen molar-refractivity contribution in [1.82, 2.24) is 14.5 Å². The summed E-state index contributed by atoms with van der Waals surface area (Å²) in [5.41, 5.74) is 3.39. The van der Waals surface area contributed by atoms with Crippen molar-refractivity contribution in [1.29, 1.82) is 0 Å². The first-order chi connectivity index (χ1) is 15.1. The summed E-state index contributed by atoms with van der Waals surface area (Å²) in [6, 6.07) is 16.4. The Morgan fingerprint density at radius 2 is 1.74 bits per heavy atom. The van der Waals surface area contributed by atoms with Gasteiger partial charge in [0.1, 0.15) is 5.82 Å². The zero-order valence-electron chi connectivity index (χ0n) is 18.2. The number of halogens is 1. The van der Waals surface area contributed by atoms with E-state index in [9.17, 15) is 9.18 Å². The first kappa shape index (κ1) is 21.2. The third-order valence-corrected chi connectivity index (χ3v) is 5.81. The van der Waals surface area contributed by atoms with Crippen LogP contribution in [0.5, 0.6) is 0 Å². The highest BCUT2D eigenvalue weighted by Crippen LogP contribution is 2.28. The van der Waals surface area contributed by atoms with E-state index in [-0.39, 0.29) is 11.4 Å². The van der Waals surface area contributed by atoms with Crippen molar-refractivity contribution in [2.75, 3.05) is 18.1 Å². The lowest BCUT2D eigenvalue weighted by atomic mass is 10.1. The normalized spacial score (nSPS) is 14.0. The number of unbranched alkanes of at least 4 members (excludes halogenated alkanes) is 2. The number of nitrogens with zero attached hydrogens (tertiary/aromatic N) is 4. The number of hydrogen-bond acceptors (Lipinski definition) is 4. The second-order valence-corrected chi connectivity index (χ2v) is 8.16. The zero-order valence-corrected chi connectivity index (χ0v) is 18.2. The average molecular weight is 421 g/mol. The lowest BCUT2D eigenvalue weighted by Gasteiger charge is -2.38. The van der Waals surface area contributed by atoms with Crippen molar-refractivity contribution in [2.24, 2.45) is 0 Å². The van der Waals surface area contributed by atoms with Gasteiger partial charge in [0.15, 0.2) is 0 Å². The minimum Gasteiger partial charge on any atom is -0.298 e. The molecule has 0 fully saturated rings. The first-order valence-electron chi connectivity index (χ1n) is 11.0. The highest BCUT2D eigenvalue weighted by molar-refractivity contribution is 5.58.